The Morgan fingerprint density at radius 1 is 1.31 bits per heavy atom. The van der Waals surface area contributed by atoms with Crippen LogP contribution in [0.1, 0.15) is 26.2 Å². The molecule has 90 valence electrons. The highest BCUT2D eigenvalue weighted by molar-refractivity contribution is 5.82. The van der Waals surface area contributed by atoms with E-state index in [0.29, 0.717) is 6.61 Å². The zero-order valence-electron chi connectivity index (χ0n) is 10.1. The zero-order chi connectivity index (χ0) is 11.8. The van der Waals surface area contributed by atoms with Gasteiger partial charge in [-0.2, -0.15) is 0 Å². The lowest BCUT2D eigenvalue weighted by atomic mass is 10.1. The van der Waals surface area contributed by atoms with Crippen molar-refractivity contribution in [1.29, 1.82) is 0 Å². The van der Waals surface area contributed by atoms with Crippen molar-refractivity contribution in [3.05, 3.63) is 24.3 Å². The SMILES string of the molecule is C=C(C=CC(=O)OCC)CN1CCCCC1. The van der Waals surface area contributed by atoms with E-state index in [1.54, 1.807) is 13.0 Å². The summed E-state index contributed by atoms with van der Waals surface area (Å²) in [7, 11) is 0. The average Bonchev–Trinajstić information content (AvgIpc) is 2.28. The quantitative estimate of drug-likeness (QED) is 0.406. The highest BCUT2D eigenvalue weighted by atomic mass is 16.5. The first-order chi connectivity index (χ1) is 7.72. The number of likely N-dealkylation sites (tertiary alicyclic amines) is 1. The predicted octanol–water partition coefficient (Wildman–Crippen LogP) is 2.15. The molecule has 1 aliphatic heterocycles. The van der Waals surface area contributed by atoms with Gasteiger partial charge < -0.3 is 4.74 Å². The van der Waals surface area contributed by atoms with Gasteiger partial charge in [0.25, 0.3) is 0 Å². The first-order valence-corrected chi connectivity index (χ1v) is 5.97. The zero-order valence-corrected chi connectivity index (χ0v) is 10.1. The average molecular weight is 223 g/mol. The second-order valence-electron chi connectivity index (χ2n) is 4.08. The molecule has 0 amide bonds. The highest BCUT2D eigenvalue weighted by Crippen LogP contribution is 2.10. The summed E-state index contributed by atoms with van der Waals surface area (Å²) in [4.78, 5) is 13.5. The Balaban J connectivity index is 2.26. The van der Waals surface area contributed by atoms with Crippen LogP contribution in [-0.2, 0) is 9.53 Å². The third kappa shape index (κ3) is 5.12. The molecule has 0 unspecified atom stereocenters. The van der Waals surface area contributed by atoms with E-state index in [4.69, 9.17) is 4.74 Å². The topological polar surface area (TPSA) is 29.5 Å². The number of esters is 1. The van der Waals surface area contributed by atoms with Gasteiger partial charge in [0.15, 0.2) is 0 Å². The molecular formula is C13H21NO2. The molecule has 0 atom stereocenters. The molecular weight excluding hydrogens is 202 g/mol. The van der Waals surface area contributed by atoms with Crippen molar-refractivity contribution in [2.45, 2.75) is 26.2 Å². The monoisotopic (exact) mass is 223 g/mol. The lowest BCUT2D eigenvalue weighted by Crippen LogP contribution is -2.31. The first-order valence-electron chi connectivity index (χ1n) is 5.97. The van der Waals surface area contributed by atoms with Crippen LogP contribution in [0.4, 0.5) is 0 Å². The number of nitrogens with zero attached hydrogens (tertiary/aromatic N) is 1. The molecule has 0 saturated carbocycles. The largest absolute Gasteiger partial charge is 0.463 e. The lowest BCUT2D eigenvalue weighted by Gasteiger charge is -2.26. The molecule has 0 bridgehead atoms. The van der Waals surface area contributed by atoms with E-state index < -0.39 is 0 Å². The fourth-order valence-electron chi connectivity index (χ4n) is 1.83. The van der Waals surface area contributed by atoms with Crippen LogP contribution in [0.25, 0.3) is 0 Å². The maximum atomic E-state index is 11.1. The molecule has 0 aromatic carbocycles. The van der Waals surface area contributed by atoms with Gasteiger partial charge in [-0.25, -0.2) is 4.79 Å². The van der Waals surface area contributed by atoms with Gasteiger partial charge in [0.05, 0.1) is 6.61 Å². The maximum Gasteiger partial charge on any atom is 0.330 e. The van der Waals surface area contributed by atoms with E-state index in [1.165, 1.54) is 25.3 Å². The third-order valence-corrected chi connectivity index (χ3v) is 2.62. The maximum absolute atomic E-state index is 11.1. The Morgan fingerprint density at radius 2 is 2.00 bits per heavy atom. The van der Waals surface area contributed by atoms with Crippen molar-refractivity contribution >= 4 is 5.97 Å². The molecule has 16 heavy (non-hydrogen) atoms. The van der Waals surface area contributed by atoms with Crippen molar-refractivity contribution in [3.63, 3.8) is 0 Å². The second kappa shape index (κ2) is 7.23. The number of carbonyl (C=O) groups excluding carboxylic acids is 1. The van der Waals surface area contributed by atoms with E-state index >= 15 is 0 Å². The van der Waals surface area contributed by atoms with Gasteiger partial charge in [-0.1, -0.05) is 19.1 Å². The highest BCUT2D eigenvalue weighted by Gasteiger charge is 2.09. The Hall–Kier alpha value is -1.09. The van der Waals surface area contributed by atoms with Gasteiger partial charge in [-0.05, 0) is 38.4 Å². The molecule has 3 heteroatoms. The van der Waals surface area contributed by atoms with E-state index in [0.717, 1.165) is 25.2 Å². The van der Waals surface area contributed by atoms with Gasteiger partial charge in [-0.3, -0.25) is 4.90 Å². The first kappa shape index (κ1) is 13.0. The van der Waals surface area contributed by atoms with Crippen molar-refractivity contribution in [2.24, 2.45) is 0 Å². The summed E-state index contributed by atoms with van der Waals surface area (Å²) in [5.74, 6) is -0.290. The van der Waals surface area contributed by atoms with Crippen LogP contribution < -0.4 is 0 Å². The van der Waals surface area contributed by atoms with Gasteiger partial charge in [0, 0.05) is 12.6 Å². The molecule has 1 fully saturated rings. The number of rotatable bonds is 5. The van der Waals surface area contributed by atoms with Crippen LogP contribution in [0.2, 0.25) is 0 Å². The summed E-state index contributed by atoms with van der Waals surface area (Å²) in [5.41, 5.74) is 0.968. The van der Waals surface area contributed by atoms with Crippen LogP contribution in [0, 0.1) is 0 Å². The summed E-state index contributed by atoms with van der Waals surface area (Å²) in [6.07, 6.45) is 7.09. The number of ether oxygens (including phenoxy) is 1. The van der Waals surface area contributed by atoms with Gasteiger partial charge in [-0.15, -0.1) is 0 Å². The molecule has 0 aliphatic carbocycles. The lowest BCUT2D eigenvalue weighted by molar-refractivity contribution is -0.137. The minimum Gasteiger partial charge on any atom is -0.463 e. The predicted molar refractivity (Wildman–Crippen MR) is 65.2 cm³/mol. The van der Waals surface area contributed by atoms with Crippen LogP contribution in [-0.4, -0.2) is 37.1 Å². The van der Waals surface area contributed by atoms with Gasteiger partial charge in [0.1, 0.15) is 0 Å². The molecule has 3 nitrogen and oxygen atoms in total. The molecule has 1 heterocycles. The number of carbonyl (C=O) groups is 1. The summed E-state index contributed by atoms with van der Waals surface area (Å²) < 4.78 is 4.80. The van der Waals surface area contributed by atoms with Crippen LogP contribution in [0.5, 0.6) is 0 Å². The number of hydrogen-bond acceptors (Lipinski definition) is 3. The second-order valence-corrected chi connectivity index (χ2v) is 4.08. The van der Waals surface area contributed by atoms with Crippen molar-refractivity contribution in [1.82, 2.24) is 4.90 Å². The Morgan fingerprint density at radius 3 is 2.62 bits per heavy atom. The fourth-order valence-corrected chi connectivity index (χ4v) is 1.83. The summed E-state index contributed by atoms with van der Waals surface area (Å²) in [6, 6.07) is 0. The third-order valence-electron chi connectivity index (χ3n) is 2.62. The minimum absolute atomic E-state index is 0.290. The van der Waals surface area contributed by atoms with Crippen LogP contribution in [0.15, 0.2) is 24.3 Å². The summed E-state index contributed by atoms with van der Waals surface area (Å²) in [6.45, 7) is 9.31. The van der Waals surface area contributed by atoms with Crippen molar-refractivity contribution < 1.29 is 9.53 Å². The fraction of sp³-hybridized carbons (Fsp3) is 0.615. The molecule has 1 aliphatic rings. The molecule has 1 rings (SSSR count). The smallest absolute Gasteiger partial charge is 0.330 e. The van der Waals surface area contributed by atoms with Gasteiger partial charge in [0.2, 0.25) is 0 Å². The molecule has 0 spiro atoms. The normalized spacial score (nSPS) is 17.6. The Kier molecular flexibility index (Phi) is 5.86. The standard InChI is InChI=1S/C13H21NO2/c1-3-16-13(15)8-7-12(2)11-14-9-5-4-6-10-14/h7-8H,2-6,9-11H2,1H3. The Labute approximate surface area is 97.8 Å². The van der Waals surface area contributed by atoms with Crippen molar-refractivity contribution in [3.8, 4) is 0 Å². The number of piperidine rings is 1. The summed E-state index contributed by atoms with van der Waals surface area (Å²) in [5, 5.41) is 0. The van der Waals surface area contributed by atoms with Crippen LogP contribution >= 0.6 is 0 Å². The minimum atomic E-state index is -0.290. The van der Waals surface area contributed by atoms with Crippen LogP contribution in [0.3, 0.4) is 0 Å². The Bertz CT molecular complexity index is 265. The number of hydrogen-bond donors (Lipinski definition) is 0. The summed E-state index contributed by atoms with van der Waals surface area (Å²) >= 11 is 0. The molecule has 0 aromatic heterocycles. The van der Waals surface area contributed by atoms with E-state index in [-0.39, 0.29) is 5.97 Å². The molecule has 1 saturated heterocycles. The van der Waals surface area contributed by atoms with E-state index in [2.05, 4.69) is 11.5 Å². The van der Waals surface area contributed by atoms with E-state index in [9.17, 15) is 4.79 Å². The molecule has 0 radical (unpaired) electrons. The molecule has 0 aromatic rings. The molecule has 0 N–H and O–H groups in total. The van der Waals surface area contributed by atoms with Gasteiger partial charge >= 0.3 is 5.97 Å². The van der Waals surface area contributed by atoms with E-state index in [1.807, 2.05) is 0 Å². The van der Waals surface area contributed by atoms with Crippen molar-refractivity contribution in [2.75, 3.05) is 26.2 Å².